The van der Waals surface area contributed by atoms with Gasteiger partial charge in [-0.05, 0) is 42.0 Å². The molecular weight excluding hydrogens is 336 g/mol. The van der Waals surface area contributed by atoms with Crippen LogP contribution in [0.25, 0.3) is 0 Å². The maximum Gasteiger partial charge on any atom is 0.328 e. The van der Waals surface area contributed by atoms with Crippen LogP contribution in [0.2, 0.25) is 0 Å². The molecule has 0 radical (unpaired) electrons. The van der Waals surface area contributed by atoms with Crippen LogP contribution in [-0.4, -0.2) is 50.8 Å². The average molecular weight is 364 g/mol. The SMILES string of the molecule is COC(=O)[C@H](CC(C)C)NC(=O)N1CCc2cc(OC)c(OC)cc2C1. The van der Waals surface area contributed by atoms with Crippen molar-refractivity contribution in [3.05, 3.63) is 23.3 Å². The van der Waals surface area contributed by atoms with Gasteiger partial charge in [-0.15, -0.1) is 0 Å². The van der Waals surface area contributed by atoms with Gasteiger partial charge in [0.2, 0.25) is 0 Å². The second-order valence-electron chi connectivity index (χ2n) is 6.80. The van der Waals surface area contributed by atoms with Crippen molar-refractivity contribution in [3.63, 3.8) is 0 Å². The lowest BCUT2D eigenvalue weighted by Crippen LogP contribution is -2.50. The lowest BCUT2D eigenvalue weighted by molar-refractivity contribution is -0.143. The van der Waals surface area contributed by atoms with Gasteiger partial charge in [0, 0.05) is 13.1 Å². The average Bonchev–Trinajstić information content (AvgIpc) is 2.64. The Hall–Kier alpha value is -2.44. The van der Waals surface area contributed by atoms with Crippen LogP contribution >= 0.6 is 0 Å². The number of amides is 2. The fourth-order valence-corrected chi connectivity index (χ4v) is 3.12. The number of fused-ring (bicyclic) bond motifs is 1. The monoisotopic (exact) mass is 364 g/mol. The van der Waals surface area contributed by atoms with E-state index in [0.717, 1.165) is 17.5 Å². The molecule has 0 spiro atoms. The van der Waals surface area contributed by atoms with Crippen LogP contribution < -0.4 is 14.8 Å². The molecule has 0 aromatic heterocycles. The Morgan fingerprint density at radius 1 is 1.12 bits per heavy atom. The van der Waals surface area contributed by atoms with Gasteiger partial charge in [0.25, 0.3) is 0 Å². The first kappa shape index (κ1) is 19.9. The van der Waals surface area contributed by atoms with E-state index >= 15 is 0 Å². The highest BCUT2D eigenvalue weighted by molar-refractivity contribution is 5.83. The van der Waals surface area contributed by atoms with Gasteiger partial charge in [-0.3, -0.25) is 0 Å². The molecule has 0 fully saturated rings. The largest absolute Gasteiger partial charge is 0.493 e. The van der Waals surface area contributed by atoms with Crippen LogP contribution in [0.4, 0.5) is 4.79 Å². The van der Waals surface area contributed by atoms with Gasteiger partial charge in [-0.2, -0.15) is 0 Å². The van der Waals surface area contributed by atoms with Crippen molar-refractivity contribution in [2.24, 2.45) is 5.92 Å². The molecule has 0 saturated carbocycles. The molecule has 2 rings (SSSR count). The molecule has 7 nitrogen and oxygen atoms in total. The molecule has 0 bridgehead atoms. The van der Waals surface area contributed by atoms with Crippen LogP contribution in [0.3, 0.4) is 0 Å². The summed E-state index contributed by atoms with van der Waals surface area (Å²) in [6.07, 6.45) is 1.25. The van der Waals surface area contributed by atoms with Gasteiger partial charge in [-0.1, -0.05) is 13.8 Å². The van der Waals surface area contributed by atoms with E-state index in [1.54, 1.807) is 19.1 Å². The zero-order valence-corrected chi connectivity index (χ0v) is 16.1. The zero-order chi connectivity index (χ0) is 19.3. The van der Waals surface area contributed by atoms with Gasteiger partial charge in [0.1, 0.15) is 6.04 Å². The molecule has 1 aliphatic rings. The Bertz CT molecular complexity index is 660. The topological polar surface area (TPSA) is 77.1 Å². The van der Waals surface area contributed by atoms with Crippen LogP contribution in [0.1, 0.15) is 31.4 Å². The number of hydrogen-bond acceptors (Lipinski definition) is 5. The normalized spacial score (nSPS) is 14.5. The highest BCUT2D eigenvalue weighted by Gasteiger charge is 2.27. The summed E-state index contributed by atoms with van der Waals surface area (Å²) in [4.78, 5) is 26.3. The molecule has 0 aliphatic carbocycles. The predicted molar refractivity (Wildman–Crippen MR) is 97.5 cm³/mol. The van der Waals surface area contributed by atoms with Crippen molar-refractivity contribution in [1.29, 1.82) is 0 Å². The minimum atomic E-state index is -0.640. The molecule has 1 atom stereocenters. The van der Waals surface area contributed by atoms with Crippen molar-refractivity contribution >= 4 is 12.0 Å². The van der Waals surface area contributed by atoms with Crippen LogP contribution in [0.15, 0.2) is 12.1 Å². The zero-order valence-electron chi connectivity index (χ0n) is 16.1. The third-order valence-electron chi connectivity index (χ3n) is 4.50. The van der Waals surface area contributed by atoms with E-state index in [4.69, 9.17) is 14.2 Å². The summed E-state index contributed by atoms with van der Waals surface area (Å²) in [5.74, 6) is 1.17. The van der Waals surface area contributed by atoms with Crippen molar-refractivity contribution in [2.75, 3.05) is 27.9 Å². The number of ether oxygens (including phenoxy) is 3. The van der Waals surface area contributed by atoms with Crippen molar-refractivity contribution in [2.45, 2.75) is 39.3 Å². The lowest BCUT2D eigenvalue weighted by Gasteiger charge is -2.31. The third kappa shape index (κ3) is 4.59. The first-order chi connectivity index (χ1) is 12.4. The Morgan fingerprint density at radius 2 is 1.73 bits per heavy atom. The van der Waals surface area contributed by atoms with E-state index in [0.29, 0.717) is 31.0 Å². The van der Waals surface area contributed by atoms with Gasteiger partial charge < -0.3 is 24.4 Å². The Labute approximate surface area is 154 Å². The van der Waals surface area contributed by atoms with E-state index < -0.39 is 12.0 Å². The van der Waals surface area contributed by atoms with E-state index in [1.165, 1.54) is 7.11 Å². The van der Waals surface area contributed by atoms with Gasteiger partial charge in [0.05, 0.1) is 21.3 Å². The number of nitrogens with one attached hydrogen (secondary N) is 1. The molecule has 1 aromatic rings. The smallest absolute Gasteiger partial charge is 0.328 e. The molecule has 144 valence electrons. The number of esters is 1. The number of carbonyl (C=O) groups is 2. The van der Waals surface area contributed by atoms with Crippen LogP contribution in [0, 0.1) is 5.92 Å². The van der Waals surface area contributed by atoms with Crippen LogP contribution in [-0.2, 0) is 22.5 Å². The molecule has 1 aliphatic heterocycles. The summed E-state index contributed by atoms with van der Waals surface area (Å²) in [5, 5.41) is 2.81. The molecule has 0 saturated heterocycles. The first-order valence-electron chi connectivity index (χ1n) is 8.76. The highest BCUT2D eigenvalue weighted by atomic mass is 16.5. The summed E-state index contributed by atoms with van der Waals surface area (Å²) in [6, 6.07) is 2.96. The molecule has 2 amide bonds. The van der Waals surface area contributed by atoms with Crippen LogP contribution in [0.5, 0.6) is 11.5 Å². The summed E-state index contributed by atoms with van der Waals surface area (Å²) >= 11 is 0. The summed E-state index contributed by atoms with van der Waals surface area (Å²) in [7, 11) is 4.53. The first-order valence-corrected chi connectivity index (χ1v) is 8.76. The second kappa shape index (κ2) is 8.78. The fourth-order valence-electron chi connectivity index (χ4n) is 3.12. The molecule has 26 heavy (non-hydrogen) atoms. The van der Waals surface area contributed by atoms with Crippen molar-refractivity contribution in [1.82, 2.24) is 10.2 Å². The molecular formula is C19H28N2O5. The Balaban J connectivity index is 2.11. The number of nitrogens with zero attached hydrogens (tertiary/aromatic N) is 1. The van der Waals surface area contributed by atoms with Crippen molar-refractivity contribution in [3.8, 4) is 11.5 Å². The number of benzene rings is 1. The number of methoxy groups -OCH3 is 3. The second-order valence-corrected chi connectivity index (χ2v) is 6.80. The molecule has 0 unspecified atom stereocenters. The maximum absolute atomic E-state index is 12.6. The maximum atomic E-state index is 12.6. The van der Waals surface area contributed by atoms with E-state index in [1.807, 2.05) is 26.0 Å². The summed E-state index contributed by atoms with van der Waals surface area (Å²) in [5.41, 5.74) is 2.15. The van der Waals surface area contributed by atoms with E-state index in [-0.39, 0.29) is 11.9 Å². The van der Waals surface area contributed by atoms with Gasteiger partial charge >= 0.3 is 12.0 Å². The quantitative estimate of drug-likeness (QED) is 0.784. The number of carbonyl (C=O) groups excluding carboxylic acids is 2. The number of hydrogen-bond donors (Lipinski definition) is 1. The molecule has 1 heterocycles. The standard InChI is InChI=1S/C19H28N2O5/c1-12(2)8-15(18(22)26-5)20-19(23)21-7-6-13-9-16(24-3)17(25-4)10-14(13)11-21/h9-10,12,15H,6-8,11H2,1-5H3,(H,20,23)/t15-/m0/s1. The summed E-state index contributed by atoms with van der Waals surface area (Å²) in [6.45, 7) is 5.03. The molecule has 1 N–H and O–H groups in total. The predicted octanol–water partition coefficient (Wildman–Crippen LogP) is 2.36. The van der Waals surface area contributed by atoms with Crippen molar-refractivity contribution < 1.29 is 23.8 Å². The van der Waals surface area contributed by atoms with E-state index in [9.17, 15) is 9.59 Å². The third-order valence-corrected chi connectivity index (χ3v) is 4.50. The van der Waals surface area contributed by atoms with Gasteiger partial charge in [-0.25, -0.2) is 9.59 Å². The lowest BCUT2D eigenvalue weighted by atomic mass is 9.99. The Morgan fingerprint density at radius 3 is 2.27 bits per heavy atom. The minimum Gasteiger partial charge on any atom is -0.493 e. The van der Waals surface area contributed by atoms with Gasteiger partial charge in [0.15, 0.2) is 11.5 Å². The fraction of sp³-hybridized carbons (Fsp3) is 0.579. The molecule has 7 heteroatoms. The molecule has 1 aromatic carbocycles. The highest BCUT2D eigenvalue weighted by Crippen LogP contribution is 2.33. The van der Waals surface area contributed by atoms with E-state index in [2.05, 4.69) is 5.32 Å². The summed E-state index contributed by atoms with van der Waals surface area (Å²) < 4.78 is 15.5. The number of urea groups is 1. The Kier molecular flexibility index (Phi) is 6.71. The number of rotatable bonds is 6. The minimum absolute atomic E-state index is 0.262.